The van der Waals surface area contributed by atoms with Gasteiger partial charge in [0, 0.05) is 15.5 Å². The predicted molar refractivity (Wildman–Crippen MR) is 175 cm³/mol. The normalized spacial score (nSPS) is 39.4. The van der Waals surface area contributed by atoms with Gasteiger partial charge in [-0.05, 0) is 107 Å². The number of fused-ring (bicyclic) bond motifs is 2. The monoisotopic (exact) mass is 625 g/mol. The molecule has 0 aromatic heterocycles. The molecule has 6 aliphatic rings. The Morgan fingerprint density at radius 3 is 1.71 bits per heavy atom. The Hall–Kier alpha value is -2.52. The Labute approximate surface area is 272 Å². The maximum Gasteiger partial charge on any atom is 0.509 e. The van der Waals surface area contributed by atoms with Gasteiger partial charge in [-0.25, -0.2) is 9.59 Å². The molecule has 12 unspecified atom stereocenters. The highest BCUT2D eigenvalue weighted by Gasteiger charge is 2.43. The standard InChI is InChI=1S/C19H30O4.C9H12O3.C8H12O.B/c1-5-14-7-9-16(13(3)11-14)22-19(20)23-18-12-15(6-2)8-10-17(18)21-4;1-2-6-3-4-7-8(5-6)12-9(10)11-7;1-2-6-3-4-7-8(5-6)9-7;/h5-6,13-18H,1-2,7-12H2,3-4H3;2,6-8H,1,3-5H2;2,6-8H,1,3-5H2;. The smallest absolute Gasteiger partial charge is 0.431 e. The second-order valence-corrected chi connectivity index (χ2v) is 13.3. The van der Waals surface area contributed by atoms with Crippen molar-refractivity contribution in [2.45, 2.75) is 127 Å². The second kappa shape index (κ2) is 18.0. The van der Waals surface area contributed by atoms with Crippen molar-refractivity contribution in [1.29, 1.82) is 0 Å². The summed E-state index contributed by atoms with van der Waals surface area (Å²) in [5, 5.41) is 0. The molecule has 2 heterocycles. The van der Waals surface area contributed by atoms with E-state index in [-0.39, 0.29) is 38.9 Å². The van der Waals surface area contributed by atoms with E-state index in [0.717, 1.165) is 63.7 Å². The Kier molecular flexibility index (Phi) is 14.8. The van der Waals surface area contributed by atoms with Gasteiger partial charge in [0.15, 0.2) is 0 Å². The highest BCUT2D eigenvalue weighted by Crippen LogP contribution is 2.39. The lowest BCUT2D eigenvalue weighted by Gasteiger charge is -2.35. The van der Waals surface area contributed by atoms with E-state index in [1.165, 1.54) is 19.3 Å². The minimum Gasteiger partial charge on any atom is -0.431 e. The van der Waals surface area contributed by atoms with Crippen molar-refractivity contribution in [3.8, 4) is 0 Å². The number of carbonyl (C=O) groups is 2. The van der Waals surface area contributed by atoms with Gasteiger partial charge in [-0.2, -0.15) is 0 Å². The van der Waals surface area contributed by atoms with Crippen LogP contribution in [-0.2, 0) is 28.4 Å². The van der Waals surface area contributed by atoms with E-state index in [9.17, 15) is 9.59 Å². The van der Waals surface area contributed by atoms with Gasteiger partial charge in [0.2, 0.25) is 0 Å². The van der Waals surface area contributed by atoms with Crippen molar-refractivity contribution in [1.82, 2.24) is 0 Å². The van der Waals surface area contributed by atoms with E-state index in [0.29, 0.717) is 35.9 Å². The van der Waals surface area contributed by atoms with Crippen LogP contribution in [0.1, 0.15) is 84.0 Å². The first-order valence-corrected chi connectivity index (χ1v) is 16.7. The summed E-state index contributed by atoms with van der Waals surface area (Å²) in [6, 6.07) is 0. The van der Waals surface area contributed by atoms with E-state index in [1.54, 1.807) is 7.11 Å². The third-order valence-electron chi connectivity index (χ3n) is 10.3. The van der Waals surface area contributed by atoms with Gasteiger partial charge in [-0.15, -0.1) is 26.3 Å². The first kappa shape index (κ1) is 36.9. The number of carbonyl (C=O) groups excluding carboxylic acids is 2. The van der Waals surface area contributed by atoms with Gasteiger partial charge in [0.05, 0.1) is 18.3 Å². The lowest BCUT2D eigenvalue weighted by molar-refractivity contribution is -0.0870. The zero-order valence-corrected chi connectivity index (χ0v) is 27.4. The average Bonchev–Trinajstić information content (AvgIpc) is 3.72. The summed E-state index contributed by atoms with van der Waals surface area (Å²) in [7, 11) is 1.67. The summed E-state index contributed by atoms with van der Waals surface area (Å²) in [5.41, 5.74) is 0. The minimum atomic E-state index is -0.560. The average molecular weight is 626 g/mol. The van der Waals surface area contributed by atoms with E-state index in [4.69, 9.17) is 28.4 Å². The van der Waals surface area contributed by atoms with Crippen LogP contribution in [0.4, 0.5) is 9.59 Å². The third kappa shape index (κ3) is 10.8. The van der Waals surface area contributed by atoms with Gasteiger partial charge >= 0.3 is 12.3 Å². The Bertz CT molecular complexity index is 1000. The maximum atomic E-state index is 12.2. The summed E-state index contributed by atoms with van der Waals surface area (Å²) in [6.07, 6.45) is 20.0. The van der Waals surface area contributed by atoms with E-state index in [1.807, 2.05) is 18.2 Å². The maximum absolute atomic E-state index is 12.2. The van der Waals surface area contributed by atoms with E-state index in [2.05, 4.69) is 39.3 Å². The van der Waals surface area contributed by atoms with Crippen molar-refractivity contribution in [3.63, 3.8) is 0 Å². The number of rotatable bonds is 7. The molecule has 0 N–H and O–H groups in total. The van der Waals surface area contributed by atoms with Gasteiger partial charge in [-0.1, -0.05) is 31.2 Å². The molecule has 0 aromatic carbocycles. The van der Waals surface area contributed by atoms with Crippen molar-refractivity contribution in [2.75, 3.05) is 7.11 Å². The molecule has 0 spiro atoms. The molecule has 3 radical (unpaired) electrons. The number of ether oxygens (including phenoxy) is 6. The minimum absolute atomic E-state index is 0. The molecular formula is C36H54BO8. The largest absolute Gasteiger partial charge is 0.509 e. The van der Waals surface area contributed by atoms with Crippen molar-refractivity contribution in [2.24, 2.45) is 29.6 Å². The SMILES string of the molecule is C=CC1CCC(OC(=O)OC2CC(C=C)CCC2OC)C(C)C1.C=CC1CCC2OC(=O)OC2C1.C=CC1CCC2OC2C1.[B]. The number of hydrogen-bond acceptors (Lipinski definition) is 8. The molecule has 6 fully saturated rings. The summed E-state index contributed by atoms with van der Waals surface area (Å²) < 4.78 is 31.9. The first-order chi connectivity index (χ1) is 21.3. The Morgan fingerprint density at radius 1 is 0.644 bits per heavy atom. The molecule has 0 bridgehead atoms. The lowest BCUT2D eigenvalue weighted by atomic mass is 9.80. The number of allylic oxidation sites excluding steroid dienone is 4. The zero-order chi connectivity index (χ0) is 31.6. The van der Waals surface area contributed by atoms with Crippen molar-refractivity contribution < 1.29 is 38.0 Å². The summed E-state index contributed by atoms with van der Waals surface area (Å²) in [4.78, 5) is 22.9. The summed E-state index contributed by atoms with van der Waals surface area (Å²) in [5.74, 6) is 2.48. The molecule has 12 atom stereocenters. The zero-order valence-electron chi connectivity index (χ0n) is 27.4. The summed E-state index contributed by atoms with van der Waals surface area (Å²) >= 11 is 0. The van der Waals surface area contributed by atoms with Crippen molar-refractivity contribution in [3.05, 3.63) is 50.6 Å². The number of hydrogen-bond donors (Lipinski definition) is 0. The van der Waals surface area contributed by atoms with Gasteiger partial charge < -0.3 is 28.4 Å². The predicted octanol–water partition coefficient (Wildman–Crippen LogP) is 7.74. The van der Waals surface area contributed by atoms with Crippen LogP contribution in [0.5, 0.6) is 0 Å². The second-order valence-electron chi connectivity index (χ2n) is 13.3. The van der Waals surface area contributed by atoms with Crippen LogP contribution < -0.4 is 0 Å². The van der Waals surface area contributed by atoms with E-state index >= 15 is 0 Å². The lowest BCUT2D eigenvalue weighted by Crippen LogP contribution is -2.40. The van der Waals surface area contributed by atoms with Crippen LogP contribution in [-0.4, -0.2) is 70.6 Å². The van der Waals surface area contributed by atoms with Gasteiger partial charge in [0.1, 0.15) is 24.4 Å². The molecule has 4 saturated carbocycles. The fraction of sp³-hybridized carbons (Fsp3) is 0.722. The van der Waals surface area contributed by atoms with E-state index < -0.39 is 12.3 Å². The molecule has 249 valence electrons. The van der Waals surface area contributed by atoms with Crippen molar-refractivity contribution >= 4 is 20.7 Å². The molecular weight excluding hydrogens is 571 g/mol. The highest BCUT2D eigenvalue weighted by molar-refractivity contribution is 5.75. The molecule has 8 nitrogen and oxygen atoms in total. The fourth-order valence-corrected chi connectivity index (χ4v) is 7.34. The highest BCUT2D eigenvalue weighted by atomic mass is 16.8. The van der Waals surface area contributed by atoms with Crippen LogP contribution in [0.2, 0.25) is 0 Å². The van der Waals surface area contributed by atoms with Crippen LogP contribution >= 0.6 is 0 Å². The van der Waals surface area contributed by atoms with Gasteiger partial charge in [0.25, 0.3) is 0 Å². The third-order valence-corrected chi connectivity index (χ3v) is 10.3. The number of methoxy groups -OCH3 is 1. The fourth-order valence-electron chi connectivity index (χ4n) is 7.34. The van der Waals surface area contributed by atoms with Gasteiger partial charge in [-0.3, -0.25) is 0 Å². The van der Waals surface area contributed by atoms with Crippen LogP contribution in [0, 0.1) is 29.6 Å². The summed E-state index contributed by atoms with van der Waals surface area (Å²) in [6.45, 7) is 17.4. The molecule has 45 heavy (non-hydrogen) atoms. The molecule has 0 aromatic rings. The number of epoxide rings is 1. The quantitative estimate of drug-likeness (QED) is 0.123. The van der Waals surface area contributed by atoms with Crippen LogP contribution in [0.25, 0.3) is 0 Å². The topological polar surface area (TPSA) is 92.8 Å². The Morgan fingerprint density at radius 2 is 1.13 bits per heavy atom. The molecule has 0 amide bonds. The molecule has 2 aliphatic heterocycles. The molecule has 9 heteroatoms. The molecule has 4 aliphatic carbocycles. The van der Waals surface area contributed by atoms with Crippen LogP contribution in [0.3, 0.4) is 0 Å². The first-order valence-electron chi connectivity index (χ1n) is 16.7. The Balaban J connectivity index is 0.000000207. The molecule has 2 saturated heterocycles. The van der Waals surface area contributed by atoms with Crippen LogP contribution in [0.15, 0.2) is 50.6 Å². The molecule has 6 rings (SSSR count).